The van der Waals surface area contributed by atoms with Crippen LogP contribution in [0.4, 0.5) is 5.82 Å². The van der Waals surface area contributed by atoms with Crippen LogP contribution in [-0.4, -0.2) is 61.2 Å². The molecule has 3 heterocycles. The lowest BCUT2D eigenvalue weighted by atomic mass is 10.0. The van der Waals surface area contributed by atoms with Crippen LogP contribution in [0.2, 0.25) is 5.02 Å². The second kappa shape index (κ2) is 6.70. The Bertz CT molecular complexity index is 1000. The van der Waals surface area contributed by atoms with E-state index in [9.17, 15) is 4.79 Å². The maximum atomic E-state index is 12.4. The van der Waals surface area contributed by atoms with E-state index in [1.165, 1.54) is 7.11 Å². The molecule has 0 atom stereocenters. The number of nitrogens with zero attached hydrogens (tertiary/aromatic N) is 4. The Morgan fingerprint density at radius 2 is 1.92 bits per heavy atom. The van der Waals surface area contributed by atoms with Gasteiger partial charge in [-0.1, -0.05) is 11.6 Å². The van der Waals surface area contributed by atoms with Crippen molar-refractivity contribution in [3.63, 3.8) is 0 Å². The van der Waals surface area contributed by atoms with Gasteiger partial charge in [0.05, 0.1) is 18.2 Å². The number of aromatic nitrogens is 2. The number of esters is 1. The minimum Gasteiger partial charge on any atom is -0.465 e. The van der Waals surface area contributed by atoms with Crippen LogP contribution in [0.25, 0.3) is 21.7 Å². The Hall–Kier alpha value is -2.44. The first kappa shape index (κ1) is 17.0. The summed E-state index contributed by atoms with van der Waals surface area (Å²) >= 11 is 6.21. The lowest BCUT2D eigenvalue weighted by Crippen LogP contribution is -2.44. The molecule has 0 unspecified atom stereocenters. The number of piperazine rings is 1. The molecule has 1 aliphatic rings. The number of carbonyl (C=O) groups is 1. The third kappa shape index (κ3) is 2.85. The number of likely N-dealkylation sites (N-methyl/N-ethyl adjacent to an activating group) is 1. The number of halogens is 1. The summed E-state index contributed by atoms with van der Waals surface area (Å²) in [7, 11) is 3.49. The smallest absolute Gasteiger partial charge is 0.340 e. The average molecular weight is 371 g/mol. The number of rotatable bonds is 2. The van der Waals surface area contributed by atoms with E-state index in [1.54, 1.807) is 12.4 Å². The van der Waals surface area contributed by atoms with Gasteiger partial charge in [0.25, 0.3) is 0 Å². The molecule has 0 N–H and O–H groups in total. The molecule has 2 aromatic heterocycles. The summed E-state index contributed by atoms with van der Waals surface area (Å²) in [6, 6.07) is 5.54. The van der Waals surface area contributed by atoms with Crippen LogP contribution in [0.3, 0.4) is 0 Å². The van der Waals surface area contributed by atoms with Crippen LogP contribution in [0, 0.1) is 0 Å². The zero-order valence-corrected chi connectivity index (χ0v) is 15.5. The van der Waals surface area contributed by atoms with E-state index in [-0.39, 0.29) is 0 Å². The molecule has 7 heteroatoms. The second-order valence-electron chi connectivity index (χ2n) is 6.49. The Balaban J connectivity index is 2.03. The fourth-order valence-electron chi connectivity index (χ4n) is 3.42. The standard InChI is InChI=1S/C19H19ClN4O2/c1-23-5-7-24(8-6-23)18-14-10-21-11-15(19(25)26-2)17(14)13-9-12(20)3-4-16(13)22-18/h3-4,9-11H,5-8H2,1-2H3. The zero-order valence-electron chi connectivity index (χ0n) is 14.7. The zero-order chi connectivity index (χ0) is 18.3. The van der Waals surface area contributed by atoms with Gasteiger partial charge in [0.1, 0.15) is 5.82 Å². The van der Waals surface area contributed by atoms with E-state index in [4.69, 9.17) is 21.3 Å². The van der Waals surface area contributed by atoms with E-state index < -0.39 is 5.97 Å². The second-order valence-corrected chi connectivity index (χ2v) is 6.92. The third-order valence-electron chi connectivity index (χ3n) is 4.85. The van der Waals surface area contributed by atoms with Gasteiger partial charge in [0, 0.05) is 59.8 Å². The molecule has 0 saturated carbocycles. The van der Waals surface area contributed by atoms with Crippen LogP contribution in [0.5, 0.6) is 0 Å². The van der Waals surface area contributed by atoms with Crippen molar-refractivity contribution in [1.29, 1.82) is 0 Å². The van der Waals surface area contributed by atoms with Gasteiger partial charge in [-0.3, -0.25) is 4.98 Å². The van der Waals surface area contributed by atoms with E-state index in [0.717, 1.165) is 53.7 Å². The maximum absolute atomic E-state index is 12.4. The van der Waals surface area contributed by atoms with Gasteiger partial charge in [0.15, 0.2) is 0 Å². The Kier molecular flexibility index (Phi) is 4.38. The Morgan fingerprint density at radius 3 is 2.65 bits per heavy atom. The van der Waals surface area contributed by atoms with Gasteiger partial charge in [-0.25, -0.2) is 9.78 Å². The molecule has 0 amide bonds. The highest BCUT2D eigenvalue weighted by molar-refractivity contribution is 6.32. The van der Waals surface area contributed by atoms with Crippen LogP contribution in [0.1, 0.15) is 10.4 Å². The molecule has 134 valence electrons. The summed E-state index contributed by atoms with van der Waals surface area (Å²) in [5.41, 5.74) is 1.22. The largest absolute Gasteiger partial charge is 0.465 e. The number of pyridine rings is 2. The van der Waals surface area contributed by atoms with Gasteiger partial charge in [-0.2, -0.15) is 0 Å². The monoisotopic (exact) mass is 370 g/mol. The number of ether oxygens (including phenoxy) is 1. The van der Waals surface area contributed by atoms with Crippen LogP contribution < -0.4 is 4.90 Å². The summed E-state index contributed by atoms with van der Waals surface area (Å²) in [4.78, 5) is 26.0. The van der Waals surface area contributed by atoms with Crippen LogP contribution >= 0.6 is 11.6 Å². The molecule has 1 aromatic carbocycles. The number of fused-ring (bicyclic) bond motifs is 3. The third-order valence-corrected chi connectivity index (χ3v) is 5.08. The van der Waals surface area contributed by atoms with Gasteiger partial charge < -0.3 is 14.5 Å². The number of hydrogen-bond donors (Lipinski definition) is 0. The summed E-state index contributed by atoms with van der Waals surface area (Å²) in [5, 5.41) is 3.05. The molecule has 26 heavy (non-hydrogen) atoms. The SMILES string of the molecule is COC(=O)c1cncc2c(N3CCN(C)CC3)nc3ccc(Cl)cc3c12. The Morgan fingerprint density at radius 1 is 1.15 bits per heavy atom. The number of methoxy groups -OCH3 is 1. The van der Waals surface area contributed by atoms with E-state index in [1.807, 2.05) is 18.2 Å². The molecule has 3 aromatic rings. The molecule has 1 fully saturated rings. The van der Waals surface area contributed by atoms with E-state index in [0.29, 0.717) is 10.6 Å². The van der Waals surface area contributed by atoms with Crippen molar-refractivity contribution in [3.05, 3.63) is 41.2 Å². The average Bonchev–Trinajstić information content (AvgIpc) is 2.67. The molecule has 0 bridgehead atoms. The molecule has 0 spiro atoms. The van der Waals surface area contributed by atoms with Crippen molar-refractivity contribution in [2.24, 2.45) is 0 Å². The Labute approximate surface area is 156 Å². The fraction of sp³-hybridized carbons (Fsp3) is 0.316. The molecule has 4 rings (SSSR count). The highest BCUT2D eigenvalue weighted by Crippen LogP contribution is 2.35. The van der Waals surface area contributed by atoms with E-state index in [2.05, 4.69) is 21.8 Å². The predicted molar refractivity (Wildman–Crippen MR) is 103 cm³/mol. The quantitative estimate of drug-likeness (QED) is 0.510. The van der Waals surface area contributed by atoms with Crippen molar-refractivity contribution in [1.82, 2.24) is 14.9 Å². The first-order valence-corrected chi connectivity index (χ1v) is 8.85. The lowest BCUT2D eigenvalue weighted by molar-refractivity contribution is 0.0602. The highest BCUT2D eigenvalue weighted by atomic mass is 35.5. The van der Waals surface area contributed by atoms with Gasteiger partial charge in [0.2, 0.25) is 0 Å². The van der Waals surface area contributed by atoms with Crippen molar-refractivity contribution in [2.75, 3.05) is 45.2 Å². The normalized spacial score (nSPS) is 15.6. The minimum atomic E-state index is -0.417. The maximum Gasteiger partial charge on any atom is 0.340 e. The van der Waals surface area contributed by atoms with E-state index >= 15 is 0 Å². The first-order chi connectivity index (χ1) is 12.6. The molecule has 1 saturated heterocycles. The predicted octanol–water partition coefficient (Wildman–Crippen LogP) is 2.97. The highest BCUT2D eigenvalue weighted by Gasteiger charge is 2.22. The summed E-state index contributed by atoms with van der Waals surface area (Å²) < 4.78 is 4.97. The van der Waals surface area contributed by atoms with Crippen LogP contribution in [-0.2, 0) is 4.74 Å². The van der Waals surface area contributed by atoms with Crippen LogP contribution in [0.15, 0.2) is 30.6 Å². The number of hydrogen-bond acceptors (Lipinski definition) is 6. The molecular weight excluding hydrogens is 352 g/mol. The van der Waals surface area contributed by atoms with Gasteiger partial charge >= 0.3 is 5.97 Å². The molecule has 0 aliphatic carbocycles. The molecule has 1 aliphatic heterocycles. The van der Waals surface area contributed by atoms with Gasteiger partial charge in [-0.05, 0) is 25.2 Å². The lowest BCUT2D eigenvalue weighted by Gasteiger charge is -2.34. The number of carbonyl (C=O) groups excluding carboxylic acids is 1. The fourth-order valence-corrected chi connectivity index (χ4v) is 3.60. The summed E-state index contributed by atoms with van der Waals surface area (Å²) in [6.07, 6.45) is 3.31. The molecular formula is C19H19ClN4O2. The number of anilines is 1. The van der Waals surface area contributed by atoms with Crippen molar-refractivity contribution in [2.45, 2.75) is 0 Å². The van der Waals surface area contributed by atoms with Gasteiger partial charge in [-0.15, -0.1) is 0 Å². The first-order valence-electron chi connectivity index (χ1n) is 8.47. The molecule has 0 radical (unpaired) electrons. The molecule has 6 nitrogen and oxygen atoms in total. The van der Waals surface area contributed by atoms with Crippen molar-refractivity contribution >= 4 is 45.1 Å². The topological polar surface area (TPSA) is 58.6 Å². The van der Waals surface area contributed by atoms with Crippen molar-refractivity contribution in [3.8, 4) is 0 Å². The summed E-state index contributed by atoms with van der Waals surface area (Å²) in [5.74, 6) is 0.432. The minimum absolute atomic E-state index is 0.417. The number of benzene rings is 1. The van der Waals surface area contributed by atoms with Crippen molar-refractivity contribution < 1.29 is 9.53 Å². The summed E-state index contributed by atoms with van der Waals surface area (Å²) in [6.45, 7) is 3.68.